The standard InChI is InChI=1S/C22H25N3O4/c1-15-13-24(11-12-25(15)20(26)14-27-2)22-16-7-6-10-19(28-3)21(16)29-18-9-5-4-8-17(18)23-22/h4-10,15H,11-14H2,1-3H3/t15-/m0/s1. The predicted molar refractivity (Wildman–Crippen MR) is 110 cm³/mol. The molecular weight excluding hydrogens is 370 g/mol. The average Bonchev–Trinajstić information content (AvgIpc) is 2.90. The summed E-state index contributed by atoms with van der Waals surface area (Å²) < 4.78 is 16.8. The van der Waals surface area contributed by atoms with Crippen LogP contribution in [-0.4, -0.2) is 68.0 Å². The third kappa shape index (κ3) is 3.65. The van der Waals surface area contributed by atoms with Gasteiger partial charge in [0, 0.05) is 32.8 Å². The van der Waals surface area contributed by atoms with Crippen molar-refractivity contribution in [3.8, 4) is 17.2 Å². The van der Waals surface area contributed by atoms with E-state index in [0.29, 0.717) is 36.9 Å². The molecule has 1 saturated heterocycles. The summed E-state index contributed by atoms with van der Waals surface area (Å²) in [7, 11) is 3.18. The number of hydrogen-bond donors (Lipinski definition) is 0. The molecule has 2 aromatic rings. The molecule has 7 nitrogen and oxygen atoms in total. The topological polar surface area (TPSA) is 63.6 Å². The van der Waals surface area contributed by atoms with Crippen molar-refractivity contribution in [2.45, 2.75) is 13.0 Å². The SMILES string of the molecule is COCC(=O)N1CCN(C2=Nc3ccccc3Oc3c(OC)cccc32)C[C@@H]1C. The van der Waals surface area contributed by atoms with Crippen LogP contribution in [0.2, 0.25) is 0 Å². The largest absolute Gasteiger partial charge is 0.493 e. The van der Waals surface area contributed by atoms with Crippen molar-refractivity contribution in [2.24, 2.45) is 4.99 Å². The number of hydrogen-bond acceptors (Lipinski definition) is 6. The van der Waals surface area contributed by atoms with E-state index in [2.05, 4.69) is 4.90 Å². The Balaban J connectivity index is 1.72. The lowest BCUT2D eigenvalue weighted by molar-refractivity contribution is -0.138. The van der Waals surface area contributed by atoms with Crippen molar-refractivity contribution < 1.29 is 19.0 Å². The maximum atomic E-state index is 12.3. The number of aliphatic imine (C=N–C) groups is 1. The molecular formula is C22H25N3O4. The number of fused-ring (bicyclic) bond motifs is 2. The van der Waals surface area contributed by atoms with E-state index in [9.17, 15) is 4.79 Å². The summed E-state index contributed by atoms with van der Waals surface area (Å²) >= 11 is 0. The molecule has 2 heterocycles. The summed E-state index contributed by atoms with van der Waals surface area (Å²) in [6.45, 7) is 4.12. The number of methoxy groups -OCH3 is 2. The highest BCUT2D eigenvalue weighted by atomic mass is 16.5. The highest BCUT2D eigenvalue weighted by Gasteiger charge is 2.32. The van der Waals surface area contributed by atoms with Crippen LogP contribution in [-0.2, 0) is 9.53 Å². The molecule has 7 heteroatoms. The van der Waals surface area contributed by atoms with Crippen LogP contribution in [0.15, 0.2) is 47.5 Å². The zero-order valence-corrected chi connectivity index (χ0v) is 16.9. The Labute approximate surface area is 170 Å². The zero-order chi connectivity index (χ0) is 20.4. The fourth-order valence-electron chi connectivity index (χ4n) is 3.85. The minimum atomic E-state index is 0.0122. The number of amidine groups is 1. The van der Waals surface area contributed by atoms with Crippen LogP contribution in [0.5, 0.6) is 17.2 Å². The summed E-state index contributed by atoms with van der Waals surface area (Å²) in [5.74, 6) is 2.85. The number of piperazine rings is 1. The minimum absolute atomic E-state index is 0.0122. The maximum Gasteiger partial charge on any atom is 0.248 e. The predicted octanol–water partition coefficient (Wildman–Crippen LogP) is 3.06. The Morgan fingerprint density at radius 2 is 2.00 bits per heavy atom. The van der Waals surface area contributed by atoms with Crippen molar-refractivity contribution in [1.29, 1.82) is 0 Å². The fraction of sp³-hybridized carbons (Fsp3) is 0.364. The van der Waals surface area contributed by atoms with E-state index >= 15 is 0 Å². The number of nitrogens with zero attached hydrogens (tertiary/aromatic N) is 3. The summed E-state index contributed by atoms with van der Waals surface area (Å²) in [5.41, 5.74) is 1.65. The molecule has 2 aliphatic heterocycles. The third-order valence-electron chi connectivity index (χ3n) is 5.26. The molecule has 29 heavy (non-hydrogen) atoms. The Hall–Kier alpha value is -3.06. The zero-order valence-electron chi connectivity index (χ0n) is 16.9. The van der Waals surface area contributed by atoms with Crippen molar-refractivity contribution in [1.82, 2.24) is 9.80 Å². The summed E-state index contributed by atoms with van der Waals surface area (Å²) in [6.07, 6.45) is 0. The molecule has 1 fully saturated rings. The maximum absolute atomic E-state index is 12.3. The van der Waals surface area contributed by atoms with Gasteiger partial charge in [-0.15, -0.1) is 0 Å². The van der Waals surface area contributed by atoms with Crippen molar-refractivity contribution in [2.75, 3.05) is 40.5 Å². The lowest BCUT2D eigenvalue weighted by Crippen LogP contribution is -2.56. The van der Waals surface area contributed by atoms with Crippen molar-refractivity contribution in [3.05, 3.63) is 48.0 Å². The number of rotatable bonds is 3. The van der Waals surface area contributed by atoms with Gasteiger partial charge < -0.3 is 24.0 Å². The van der Waals surface area contributed by atoms with E-state index in [0.717, 1.165) is 17.1 Å². The fourth-order valence-corrected chi connectivity index (χ4v) is 3.85. The van der Waals surface area contributed by atoms with Gasteiger partial charge in [-0.25, -0.2) is 4.99 Å². The molecule has 1 atom stereocenters. The van der Waals surface area contributed by atoms with Gasteiger partial charge in [-0.2, -0.15) is 0 Å². The highest BCUT2D eigenvalue weighted by molar-refractivity contribution is 6.04. The molecule has 152 valence electrons. The smallest absolute Gasteiger partial charge is 0.248 e. The second-order valence-corrected chi connectivity index (χ2v) is 7.16. The summed E-state index contributed by atoms with van der Waals surface area (Å²) in [4.78, 5) is 21.3. The molecule has 0 aliphatic carbocycles. The Morgan fingerprint density at radius 3 is 2.76 bits per heavy atom. The molecule has 2 aliphatic rings. The van der Waals surface area contributed by atoms with Gasteiger partial charge in [0.1, 0.15) is 18.1 Å². The monoisotopic (exact) mass is 395 g/mol. The van der Waals surface area contributed by atoms with Gasteiger partial charge >= 0.3 is 0 Å². The highest BCUT2D eigenvalue weighted by Crippen LogP contribution is 2.42. The van der Waals surface area contributed by atoms with Crippen LogP contribution in [0.3, 0.4) is 0 Å². The Morgan fingerprint density at radius 1 is 1.17 bits per heavy atom. The van der Waals surface area contributed by atoms with Gasteiger partial charge in [0.15, 0.2) is 17.2 Å². The van der Waals surface area contributed by atoms with Crippen LogP contribution >= 0.6 is 0 Å². The second-order valence-electron chi connectivity index (χ2n) is 7.16. The number of para-hydroxylation sites is 3. The number of carbonyl (C=O) groups excluding carboxylic acids is 1. The number of carbonyl (C=O) groups is 1. The van der Waals surface area contributed by atoms with E-state index in [1.807, 2.05) is 54.3 Å². The van der Waals surface area contributed by atoms with Gasteiger partial charge in [0.25, 0.3) is 0 Å². The lowest BCUT2D eigenvalue weighted by atomic mass is 10.1. The van der Waals surface area contributed by atoms with Crippen LogP contribution in [0, 0.1) is 0 Å². The van der Waals surface area contributed by atoms with Crippen molar-refractivity contribution >= 4 is 17.4 Å². The molecule has 0 radical (unpaired) electrons. The Kier molecular flexibility index (Phi) is 5.40. The first-order chi connectivity index (χ1) is 14.1. The number of ether oxygens (including phenoxy) is 3. The van der Waals surface area contributed by atoms with Gasteiger partial charge in [-0.1, -0.05) is 18.2 Å². The quantitative estimate of drug-likeness (QED) is 0.799. The minimum Gasteiger partial charge on any atom is -0.493 e. The van der Waals surface area contributed by atoms with Crippen molar-refractivity contribution in [3.63, 3.8) is 0 Å². The van der Waals surface area contributed by atoms with Crippen LogP contribution in [0.1, 0.15) is 12.5 Å². The van der Waals surface area contributed by atoms with E-state index in [1.165, 1.54) is 0 Å². The molecule has 1 amide bonds. The van der Waals surface area contributed by atoms with Crippen LogP contribution < -0.4 is 9.47 Å². The first kappa shape index (κ1) is 19.3. The molecule has 4 rings (SSSR count). The molecule has 0 spiro atoms. The van der Waals surface area contributed by atoms with Gasteiger partial charge in [0.05, 0.1) is 12.7 Å². The molecule has 0 bridgehead atoms. The first-order valence-electron chi connectivity index (χ1n) is 9.68. The Bertz CT molecular complexity index is 943. The van der Waals surface area contributed by atoms with Crippen LogP contribution in [0.25, 0.3) is 0 Å². The number of benzene rings is 2. The van der Waals surface area contributed by atoms with E-state index < -0.39 is 0 Å². The van der Waals surface area contributed by atoms with E-state index in [-0.39, 0.29) is 18.6 Å². The lowest BCUT2D eigenvalue weighted by Gasteiger charge is -2.41. The second kappa shape index (κ2) is 8.13. The average molecular weight is 395 g/mol. The van der Waals surface area contributed by atoms with Crippen LogP contribution in [0.4, 0.5) is 5.69 Å². The van der Waals surface area contributed by atoms with E-state index in [4.69, 9.17) is 19.2 Å². The molecule has 2 aromatic carbocycles. The van der Waals surface area contributed by atoms with Gasteiger partial charge in [-0.05, 0) is 31.2 Å². The van der Waals surface area contributed by atoms with E-state index in [1.54, 1.807) is 14.2 Å². The first-order valence-corrected chi connectivity index (χ1v) is 9.68. The molecule has 0 N–H and O–H groups in total. The summed E-state index contributed by atoms with van der Waals surface area (Å²) in [5, 5.41) is 0. The third-order valence-corrected chi connectivity index (χ3v) is 5.26. The molecule has 0 unspecified atom stereocenters. The number of amides is 1. The van der Waals surface area contributed by atoms with Gasteiger partial charge in [-0.3, -0.25) is 4.79 Å². The molecule has 0 saturated carbocycles. The molecule has 0 aromatic heterocycles. The van der Waals surface area contributed by atoms with Gasteiger partial charge in [0.2, 0.25) is 5.91 Å². The normalized spacial score (nSPS) is 18.2. The summed E-state index contributed by atoms with van der Waals surface area (Å²) in [6, 6.07) is 13.6.